The fourth-order valence-corrected chi connectivity index (χ4v) is 2.39. The molecule has 1 amide bonds. The third kappa shape index (κ3) is 4.57. The Labute approximate surface area is 124 Å². The number of nitrogens with one attached hydrogen (secondary N) is 1. The summed E-state index contributed by atoms with van der Waals surface area (Å²) in [6.07, 6.45) is 4.22. The van der Waals surface area contributed by atoms with Crippen LogP contribution in [-0.4, -0.2) is 20.6 Å². The minimum absolute atomic E-state index is 0.173. The fourth-order valence-electron chi connectivity index (χ4n) is 1.72. The SMILES string of the molecule is CS(=O)(=O)c1cccc(NC(=O)C=Cc2ccccc2)c1. The molecular formula is C16H15NO3S. The van der Waals surface area contributed by atoms with Gasteiger partial charge in [-0.3, -0.25) is 4.79 Å². The topological polar surface area (TPSA) is 63.2 Å². The number of rotatable bonds is 4. The molecule has 0 radical (unpaired) electrons. The predicted molar refractivity (Wildman–Crippen MR) is 83.7 cm³/mol. The maximum Gasteiger partial charge on any atom is 0.248 e. The average Bonchev–Trinajstić information content (AvgIpc) is 2.46. The van der Waals surface area contributed by atoms with Crippen LogP contribution in [0.1, 0.15) is 5.56 Å². The molecule has 0 aliphatic rings. The quantitative estimate of drug-likeness (QED) is 0.883. The van der Waals surface area contributed by atoms with Crippen LogP contribution in [-0.2, 0) is 14.6 Å². The van der Waals surface area contributed by atoms with Crippen LogP contribution in [0.5, 0.6) is 0 Å². The molecule has 21 heavy (non-hydrogen) atoms. The van der Waals surface area contributed by atoms with Crippen LogP contribution in [0.15, 0.2) is 65.6 Å². The molecule has 0 heterocycles. The summed E-state index contributed by atoms with van der Waals surface area (Å²) in [5.74, 6) is -0.315. The van der Waals surface area contributed by atoms with Crippen molar-refractivity contribution in [1.82, 2.24) is 0 Å². The molecule has 2 rings (SSSR count). The summed E-state index contributed by atoms with van der Waals surface area (Å²) in [5, 5.41) is 2.63. The maximum absolute atomic E-state index is 11.8. The van der Waals surface area contributed by atoms with Gasteiger partial charge in [-0.25, -0.2) is 8.42 Å². The molecule has 4 nitrogen and oxygen atoms in total. The molecule has 108 valence electrons. The van der Waals surface area contributed by atoms with Gasteiger partial charge < -0.3 is 5.32 Å². The lowest BCUT2D eigenvalue weighted by Crippen LogP contribution is -2.08. The van der Waals surface area contributed by atoms with Gasteiger partial charge in [0, 0.05) is 18.0 Å². The van der Waals surface area contributed by atoms with Gasteiger partial charge in [0.25, 0.3) is 0 Å². The number of carbonyl (C=O) groups is 1. The van der Waals surface area contributed by atoms with E-state index in [0.717, 1.165) is 11.8 Å². The summed E-state index contributed by atoms with van der Waals surface area (Å²) in [4.78, 5) is 12.0. The summed E-state index contributed by atoms with van der Waals surface area (Å²) in [5.41, 5.74) is 1.36. The van der Waals surface area contributed by atoms with E-state index in [1.165, 1.54) is 18.2 Å². The molecule has 2 aromatic rings. The number of amides is 1. The molecule has 0 saturated heterocycles. The van der Waals surface area contributed by atoms with Crippen molar-refractivity contribution in [3.63, 3.8) is 0 Å². The van der Waals surface area contributed by atoms with Gasteiger partial charge in [0.1, 0.15) is 0 Å². The van der Waals surface area contributed by atoms with Gasteiger partial charge >= 0.3 is 0 Å². The highest BCUT2D eigenvalue weighted by molar-refractivity contribution is 7.90. The number of anilines is 1. The smallest absolute Gasteiger partial charge is 0.248 e. The maximum atomic E-state index is 11.8. The van der Waals surface area contributed by atoms with Gasteiger partial charge in [0.15, 0.2) is 9.84 Å². The first kappa shape index (κ1) is 15.0. The van der Waals surface area contributed by atoms with E-state index in [9.17, 15) is 13.2 Å². The Kier molecular flexibility index (Phi) is 4.55. The summed E-state index contributed by atoms with van der Waals surface area (Å²) in [6.45, 7) is 0. The van der Waals surface area contributed by atoms with E-state index in [2.05, 4.69) is 5.32 Å². The number of sulfone groups is 1. The van der Waals surface area contributed by atoms with Gasteiger partial charge in [-0.15, -0.1) is 0 Å². The molecule has 1 N–H and O–H groups in total. The van der Waals surface area contributed by atoms with Crippen LogP contribution < -0.4 is 5.32 Å². The van der Waals surface area contributed by atoms with Crippen LogP contribution in [0.4, 0.5) is 5.69 Å². The Morgan fingerprint density at radius 2 is 1.76 bits per heavy atom. The second-order valence-corrected chi connectivity index (χ2v) is 6.55. The lowest BCUT2D eigenvalue weighted by atomic mass is 10.2. The van der Waals surface area contributed by atoms with E-state index >= 15 is 0 Å². The van der Waals surface area contributed by atoms with Gasteiger partial charge in [-0.1, -0.05) is 36.4 Å². The van der Waals surface area contributed by atoms with Crippen LogP contribution >= 0.6 is 0 Å². The van der Waals surface area contributed by atoms with Crippen molar-refractivity contribution in [3.8, 4) is 0 Å². The molecule has 0 saturated carbocycles. The monoisotopic (exact) mass is 301 g/mol. The average molecular weight is 301 g/mol. The Morgan fingerprint density at radius 3 is 2.43 bits per heavy atom. The minimum atomic E-state index is -3.29. The zero-order chi connectivity index (χ0) is 15.3. The van der Waals surface area contributed by atoms with Crippen molar-refractivity contribution in [1.29, 1.82) is 0 Å². The first-order chi connectivity index (χ1) is 9.95. The Hall–Kier alpha value is -2.40. The fraction of sp³-hybridized carbons (Fsp3) is 0.0625. The Bertz CT molecular complexity index is 765. The van der Waals surface area contributed by atoms with Gasteiger partial charge in [0.2, 0.25) is 5.91 Å². The van der Waals surface area contributed by atoms with Gasteiger partial charge in [-0.2, -0.15) is 0 Å². The zero-order valence-electron chi connectivity index (χ0n) is 11.5. The van der Waals surface area contributed by atoms with Crippen LogP contribution in [0.3, 0.4) is 0 Å². The van der Waals surface area contributed by atoms with Crippen molar-refractivity contribution in [3.05, 3.63) is 66.2 Å². The molecule has 0 aliphatic carbocycles. The van der Waals surface area contributed by atoms with E-state index in [4.69, 9.17) is 0 Å². The van der Waals surface area contributed by atoms with E-state index < -0.39 is 9.84 Å². The highest BCUT2D eigenvalue weighted by atomic mass is 32.2. The number of hydrogen-bond donors (Lipinski definition) is 1. The predicted octanol–water partition coefficient (Wildman–Crippen LogP) is 2.74. The zero-order valence-corrected chi connectivity index (χ0v) is 12.3. The molecule has 0 spiro atoms. The lowest BCUT2D eigenvalue weighted by Gasteiger charge is -2.04. The van der Waals surface area contributed by atoms with Gasteiger partial charge in [0.05, 0.1) is 4.90 Å². The molecule has 0 aromatic heterocycles. The number of benzene rings is 2. The normalized spacial score (nSPS) is 11.5. The van der Waals surface area contributed by atoms with E-state index in [-0.39, 0.29) is 10.8 Å². The molecule has 0 fully saturated rings. The van der Waals surface area contributed by atoms with E-state index in [1.54, 1.807) is 18.2 Å². The van der Waals surface area contributed by atoms with Crippen molar-refractivity contribution >= 4 is 27.5 Å². The van der Waals surface area contributed by atoms with Crippen molar-refractivity contribution in [2.75, 3.05) is 11.6 Å². The molecule has 0 unspecified atom stereocenters. The summed E-state index contributed by atoms with van der Waals surface area (Å²) in [6, 6.07) is 15.6. The summed E-state index contributed by atoms with van der Waals surface area (Å²) in [7, 11) is -3.29. The third-order valence-corrected chi connectivity index (χ3v) is 3.87. The molecule has 0 aliphatic heterocycles. The second kappa shape index (κ2) is 6.37. The van der Waals surface area contributed by atoms with Crippen molar-refractivity contribution in [2.45, 2.75) is 4.90 Å². The summed E-state index contributed by atoms with van der Waals surface area (Å²) < 4.78 is 22.9. The van der Waals surface area contributed by atoms with E-state index in [1.807, 2.05) is 30.3 Å². The number of carbonyl (C=O) groups excluding carboxylic acids is 1. The third-order valence-electron chi connectivity index (χ3n) is 2.76. The Morgan fingerprint density at radius 1 is 1.05 bits per heavy atom. The van der Waals surface area contributed by atoms with Crippen LogP contribution in [0.25, 0.3) is 6.08 Å². The van der Waals surface area contributed by atoms with Crippen LogP contribution in [0, 0.1) is 0 Å². The Balaban J connectivity index is 2.08. The first-order valence-electron chi connectivity index (χ1n) is 6.29. The first-order valence-corrected chi connectivity index (χ1v) is 8.18. The van der Waals surface area contributed by atoms with Crippen LogP contribution in [0.2, 0.25) is 0 Å². The number of hydrogen-bond acceptors (Lipinski definition) is 3. The lowest BCUT2D eigenvalue weighted by molar-refractivity contribution is -0.111. The van der Waals surface area contributed by atoms with Gasteiger partial charge in [-0.05, 0) is 29.8 Å². The van der Waals surface area contributed by atoms with Crippen molar-refractivity contribution in [2.24, 2.45) is 0 Å². The standard InChI is InChI=1S/C16H15NO3S/c1-21(19,20)15-9-5-8-14(12-15)17-16(18)11-10-13-6-3-2-4-7-13/h2-12H,1H3,(H,17,18). The summed E-state index contributed by atoms with van der Waals surface area (Å²) >= 11 is 0. The highest BCUT2D eigenvalue weighted by Crippen LogP contribution is 2.15. The minimum Gasteiger partial charge on any atom is -0.322 e. The molecule has 0 atom stereocenters. The second-order valence-electron chi connectivity index (χ2n) is 4.53. The molecule has 2 aromatic carbocycles. The molecule has 5 heteroatoms. The molecule has 0 bridgehead atoms. The highest BCUT2D eigenvalue weighted by Gasteiger charge is 2.07. The molecular weight excluding hydrogens is 286 g/mol. The largest absolute Gasteiger partial charge is 0.322 e. The van der Waals surface area contributed by atoms with E-state index in [0.29, 0.717) is 5.69 Å². The van der Waals surface area contributed by atoms with Crippen molar-refractivity contribution < 1.29 is 13.2 Å².